The smallest absolute Gasteiger partial charge is 0.159 e. The van der Waals surface area contributed by atoms with Crippen LogP contribution in [0.5, 0.6) is 0 Å². The molecule has 2 heterocycles. The highest BCUT2D eigenvalue weighted by Crippen LogP contribution is 2.30. The average molecular weight is 341 g/mol. The maximum atomic E-state index is 6.20. The monoisotopic (exact) mass is 340 g/mol. The molecular weight excluding hydrogens is 324 g/mol. The van der Waals surface area contributed by atoms with Crippen molar-refractivity contribution in [1.29, 1.82) is 0 Å². The van der Waals surface area contributed by atoms with Crippen molar-refractivity contribution in [2.24, 2.45) is 0 Å². The summed E-state index contributed by atoms with van der Waals surface area (Å²) in [4.78, 5) is 12.4. The summed E-state index contributed by atoms with van der Waals surface area (Å²) < 4.78 is 0. The second-order valence-electron chi connectivity index (χ2n) is 5.39. The number of aryl methyl sites for hydroxylation is 2. The van der Waals surface area contributed by atoms with Gasteiger partial charge in [-0.1, -0.05) is 23.7 Å². The van der Waals surface area contributed by atoms with Crippen LogP contribution in [0.1, 0.15) is 11.1 Å². The first kappa shape index (κ1) is 16.0. The quantitative estimate of drug-likeness (QED) is 0.616. The molecular formula is C17H17ClN6. The number of nitrogens with zero attached hydrogens (tertiary/aromatic N) is 3. The highest BCUT2D eigenvalue weighted by molar-refractivity contribution is 6.32. The molecule has 0 atom stereocenters. The third-order valence-electron chi connectivity index (χ3n) is 3.54. The van der Waals surface area contributed by atoms with Gasteiger partial charge in [0, 0.05) is 11.9 Å². The molecule has 0 aliphatic carbocycles. The molecule has 1 aromatic carbocycles. The van der Waals surface area contributed by atoms with Crippen LogP contribution in [0.4, 0.5) is 28.7 Å². The summed E-state index contributed by atoms with van der Waals surface area (Å²) in [6.07, 6.45) is 3.06. The third-order valence-corrected chi connectivity index (χ3v) is 3.84. The molecule has 122 valence electrons. The Kier molecular flexibility index (Phi) is 4.48. The van der Waals surface area contributed by atoms with Crippen molar-refractivity contribution in [3.8, 4) is 0 Å². The van der Waals surface area contributed by atoms with Gasteiger partial charge in [0.2, 0.25) is 0 Å². The van der Waals surface area contributed by atoms with Crippen LogP contribution in [0, 0.1) is 13.8 Å². The summed E-state index contributed by atoms with van der Waals surface area (Å²) in [5.41, 5.74) is 10.4. The Morgan fingerprint density at radius 2 is 1.67 bits per heavy atom. The number of rotatable bonds is 4. The zero-order valence-electron chi connectivity index (χ0n) is 13.3. The number of hydrogen-bond donors (Lipinski definition) is 3. The molecule has 6 nitrogen and oxygen atoms in total. The molecule has 3 aromatic rings. The molecule has 2 aromatic heterocycles. The lowest BCUT2D eigenvalue weighted by molar-refractivity contribution is 1.17. The highest BCUT2D eigenvalue weighted by atomic mass is 35.5. The molecule has 0 unspecified atom stereocenters. The number of benzene rings is 1. The maximum absolute atomic E-state index is 6.20. The van der Waals surface area contributed by atoms with Gasteiger partial charge in [0.05, 0.1) is 5.69 Å². The van der Waals surface area contributed by atoms with Crippen LogP contribution in [0.25, 0.3) is 0 Å². The Bertz CT molecular complexity index is 881. The van der Waals surface area contributed by atoms with E-state index in [1.54, 1.807) is 18.3 Å². The Morgan fingerprint density at radius 1 is 0.958 bits per heavy atom. The van der Waals surface area contributed by atoms with E-state index in [1.807, 2.05) is 26.0 Å². The summed E-state index contributed by atoms with van der Waals surface area (Å²) in [5.74, 6) is 0.994. The van der Waals surface area contributed by atoms with Crippen LogP contribution in [-0.2, 0) is 0 Å². The molecule has 0 amide bonds. The molecule has 7 heteroatoms. The van der Waals surface area contributed by atoms with Crippen LogP contribution in [0.2, 0.25) is 5.15 Å². The van der Waals surface area contributed by atoms with Crippen LogP contribution < -0.4 is 16.4 Å². The number of nitrogen functional groups attached to an aromatic ring is 1. The SMILES string of the molecule is Cc1ccc(C)c(Nc2ncnc(Nc3cccnc3Cl)c2N)c1. The van der Waals surface area contributed by atoms with Crippen molar-refractivity contribution in [3.05, 3.63) is 59.1 Å². The zero-order chi connectivity index (χ0) is 17.1. The molecule has 0 bridgehead atoms. The lowest BCUT2D eigenvalue weighted by Crippen LogP contribution is -2.06. The normalized spacial score (nSPS) is 10.5. The average Bonchev–Trinajstić information content (AvgIpc) is 2.56. The summed E-state index contributed by atoms with van der Waals surface area (Å²) in [5, 5.41) is 6.69. The number of halogens is 1. The minimum absolute atomic E-state index is 0.347. The number of nitrogens with one attached hydrogen (secondary N) is 2. The van der Waals surface area contributed by atoms with E-state index in [2.05, 4.69) is 31.7 Å². The maximum Gasteiger partial charge on any atom is 0.159 e. The third kappa shape index (κ3) is 3.38. The molecule has 0 aliphatic heterocycles. The van der Waals surface area contributed by atoms with E-state index in [0.717, 1.165) is 16.8 Å². The summed E-state index contributed by atoms with van der Waals surface area (Å²) in [7, 11) is 0. The zero-order valence-corrected chi connectivity index (χ0v) is 14.1. The fraction of sp³-hybridized carbons (Fsp3) is 0.118. The van der Waals surface area contributed by atoms with Crippen LogP contribution in [-0.4, -0.2) is 15.0 Å². The molecule has 0 saturated carbocycles. The minimum atomic E-state index is 0.347. The van der Waals surface area contributed by atoms with E-state index in [9.17, 15) is 0 Å². The van der Waals surface area contributed by atoms with Gasteiger partial charge in [0.25, 0.3) is 0 Å². The number of hydrogen-bond acceptors (Lipinski definition) is 6. The first-order chi connectivity index (χ1) is 11.5. The Hall–Kier alpha value is -2.86. The highest BCUT2D eigenvalue weighted by Gasteiger charge is 2.11. The second kappa shape index (κ2) is 6.72. The minimum Gasteiger partial charge on any atom is -0.393 e. The summed E-state index contributed by atoms with van der Waals surface area (Å²) in [6.45, 7) is 4.05. The first-order valence-electron chi connectivity index (χ1n) is 7.37. The lowest BCUT2D eigenvalue weighted by atomic mass is 10.1. The Balaban J connectivity index is 1.91. The van der Waals surface area contributed by atoms with Gasteiger partial charge >= 0.3 is 0 Å². The Labute approximate surface area is 145 Å². The van der Waals surface area contributed by atoms with Crippen molar-refractivity contribution in [2.45, 2.75) is 13.8 Å². The van der Waals surface area contributed by atoms with Crippen molar-refractivity contribution < 1.29 is 0 Å². The first-order valence-corrected chi connectivity index (χ1v) is 7.74. The van der Waals surface area contributed by atoms with Gasteiger partial charge in [-0.25, -0.2) is 15.0 Å². The lowest BCUT2D eigenvalue weighted by Gasteiger charge is -2.14. The van der Waals surface area contributed by atoms with Gasteiger partial charge < -0.3 is 16.4 Å². The topological polar surface area (TPSA) is 88.8 Å². The summed E-state index contributed by atoms with van der Waals surface area (Å²) in [6, 6.07) is 9.72. The van der Waals surface area contributed by atoms with E-state index in [1.165, 1.54) is 6.33 Å². The van der Waals surface area contributed by atoms with Crippen molar-refractivity contribution in [3.63, 3.8) is 0 Å². The number of aromatic nitrogens is 3. The van der Waals surface area contributed by atoms with Crippen molar-refractivity contribution >= 4 is 40.3 Å². The fourth-order valence-corrected chi connectivity index (χ4v) is 2.37. The van der Waals surface area contributed by atoms with E-state index in [0.29, 0.717) is 28.2 Å². The molecule has 0 radical (unpaired) electrons. The predicted octanol–water partition coefficient (Wildman–Crippen LogP) is 4.21. The van der Waals surface area contributed by atoms with Crippen molar-refractivity contribution in [2.75, 3.05) is 16.4 Å². The molecule has 0 fully saturated rings. The molecule has 24 heavy (non-hydrogen) atoms. The van der Waals surface area contributed by atoms with Crippen LogP contribution >= 0.6 is 11.6 Å². The Morgan fingerprint density at radius 3 is 2.38 bits per heavy atom. The second-order valence-corrected chi connectivity index (χ2v) is 5.75. The van der Waals surface area contributed by atoms with Crippen LogP contribution in [0.3, 0.4) is 0 Å². The number of anilines is 5. The number of nitrogens with two attached hydrogens (primary N) is 1. The van der Waals surface area contributed by atoms with E-state index >= 15 is 0 Å². The molecule has 3 rings (SSSR count). The molecule has 0 aliphatic rings. The molecule has 4 N–H and O–H groups in total. The van der Waals surface area contributed by atoms with E-state index in [4.69, 9.17) is 17.3 Å². The van der Waals surface area contributed by atoms with Gasteiger partial charge in [-0.15, -0.1) is 0 Å². The largest absolute Gasteiger partial charge is 0.393 e. The van der Waals surface area contributed by atoms with E-state index < -0.39 is 0 Å². The number of pyridine rings is 1. The van der Waals surface area contributed by atoms with Gasteiger partial charge in [-0.05, 0) is 43.2 Å². The van der Waals surface area contributed by atoms with Gasteiger partial charge in [0.1, 0.15) is 12.0 Å². The van der Waals surface area contributed by atoms with Gasteiger partial charge in [-0.3, -0.25) is 0 Å². The van der Waals surface area contributed by atoms with Crippen LogP contribution in [0.15, 0.2) is 42.9 Å². The van der Waals surface area contributed by atoms with Crippen molar-refractivity contribution in [1.82, 2.24) is 15.0 Å². The molecule has 0 saturated heterocycles. The van der Waals surface area contributed by atoms with E-state index in [-0.39, 0.29) is 0 Å². The summed E-state index contributed by atoms with van der Waals surface area (Å²) >= 11 is 6.06. The van der Waals surface area contributed by atoms with Gasteiger partial charge in [-0.2, -0.15) is 0 Å². The predicted molar refractivity (Wildman–Crippen MR) is 98.2 cm³/mol. The standard InChI is InChI=1S/C17H17ClN6/c1-10-5-6-11(2)13(8-10)24-17-14(19)16(21-9-22-17)23-12-4-3-7-20-15(12)18/h3-9H,19H2,1-2H3,(H2,21,22,23,24). The fourth-order valence-electron chi connectivity index (χ4n) is 2.20. The molecule has 0 spiro atoms. The van der Waals surface area contributed by atoms with Gasteiger partial charge in [0.15, 0.2) is 16.8 Å².